The molecule has 0 saturated carbocycles. The van der Waals surface area contributed by atoms with Crippen molar-refractivity contribution in [1.29, 1.82) is 0 Å². The molecule has 3 heterocycles. The molecule has 11 heteroatoms. The van der Waals surface area contributed by atoms with Gasteiger partial charge in [-0.1, -0.05) is 6.07 Å². The topological polar surface area (TPSA) is 139 Å². The van der Waals surface area contributed by atoms with Crippen LogP contribution < -0.4 is 15.8 Å². The molecule has 0 aliphatic rings. The summed E-state index contributed by atoms with van der Waals surface area (Å²) in [7, 11) is 1.85. The minimum absolute atomic E-state index is 0.268. The Morgan fingerprint density at radius 3 is 2.66 bits per heavy atom. The van der Waals surface area contributed by atoms with E-state index in [0.29, 0.717) is 23.8 Å². The Kier molecular flexibility index (Phi) is 5.79. The van der Waals surface area contributed by atoms with Crippen LogP contribution in [0.15, 0.2) is 49.4 Å². The molecule has 0 spiro atoms. The Hall–Kier alpha value is -4.28. The van der Waals surface area contributed by atoms with E-state index in [1.165, 1.54) is 6.33 Å². The van der Waals surface area contributed by atoms with E-state index in [2.05, 4.69) is 30.5 Å². The third kappa shape index (κ3) is 4.72. The quantitative estimate of drug-likeness (QED) is 0.431. The number of benzene rings is 1. The second kappa shape index (κ2) is 8.84. The zero-order chi connectivity index (χ0) is 22.7. The zero-order valence-electron chi connectivity index (χ0n) is 17.9. The molecule has 3 aromatic heterocycles. The summed E-state index contributed by atoms with van der Waals surface area (Å²) in [5.74, 6) is 0.273. The van der Waals surface area contributed by atoms with Crippen molar-refractivity contribution in [2.24, 2.45) is 12.8 Å². The van der Waals surface area contributed by atoms with Crippen molar-refractivity contribution in [3.8, 4) is 16.9 Å². The molecule has 0 aliphatic carbocycles. The SMILES string of the molecule is Cc1nn(C)cc1Nc1ncc(-c2ccc(C(N)=O)c(O[C@@H](C)Cn3cncn3)c2)cn1. The lowest BCUT2D eigenvalue weighted by atomic mass is 10.1. The normalized spacial score (nSPS) is 11.8. The van der Waals surface area contributed by atoms with Crippen LogP contribution in [0.4, 0.5) is 11.6 Å². The van der Waals surface area contributed by atoms with Crippen molar-refractivity contribution < 1.29 is 9.53 Å². The maximum absolute atomic E-state index is 11.9. The van der Waals surface area contributed by atoms with Gasteiger partial charge in [-0.25, -0.2) is 19.6 Å². The average Bonchev–Trinajstić information content (AvgIpc) is 3.37. The predicted molar refractivity (Wildman–Crippen MR) is 117 cm³/mol. The first-order chi connectivity index (χ1) is 15.4. The van der Waals surface area contributed by atoms with Gasteiger partial charge in [-0.05, 0) is 31.5 Å². The predicted octanol–water partition coefficient (Wildman–Crippen LogP) is 2.09. The van der Waals surface area contributed by atoms with Crippen LogP contribution in [0.1, 0.15) is 23.0 Å². The monoisotopic (exact) mass is 433 g/mol. The highest BCUT2D eigenvalue weighted by atomic mass is 16.5. The number of carbonyl (C=O) groups excluding carboxylic acids is 1. The van der Waals surface area contributed by atoms with Crippen LogP contribution in [0.3, 0.4) is 0 Å². The number of anilines is 2. The van der Waals surface area contributed by atoms with Gasteiger partial charge in [0.1, 0.15) is 24.5 Å². The maximum Gasteiger partial charge on any atom is 0.252 e. The average molecular weight is 433 g/mol. The smallest absolute Gasteiger partial charge is 0.252 e. The van der Waals surface area contributed by atoms with E-state index in [9.17, 15) is 4.79 Å². The number of nitrogens with zero attached hydrogens (tertiary/aromatic N) is 7. The minimum Gasteiger partial charge on any atom is -0.488 e. The van der Waals surface area contributed by atoms with Crippen LogP contribution in [0, 0.1) is 6.92 Å². The molecule has 164 valence electrons. The van der Waals surface area contributed by atoms with Crippen molar-refractivity contribution in [2.75, 3.05) is 5.32 Å². The Morgan fingerprint density at radius 1 is 1.25 bits per heavy atom. The Bertz CT molecular complexity index is 1220. The second-order valence-corrected chi connectivity index (χ2v) is 7.34. The van der Waals surface area contributed by atoms with Crippen molar-refractivity contribution in [1.82, 2.24) is 34.5 Å². The summed E-state index contributed by atoms with van der Waals surface area (Å²) in [6.07, 6.45) is 8.04. The first-order valence-corrected chi connectivity index (χ1v) is 9.91. The summed E-state index contributed by atoms with van der Waals surface area (Å²) in [6, 6.07) is 5.18. The number of nitrogens with one attached hydrogen (secondary N) is 1. The van der Waals surface area contributed by atoms with E-state index in [4.69, 9.17) is 10.5 Å². The van der Waals surface area contributed by atoms with E-state index in [-0.39, 0.29) is 6.10 Å². The highest BCUT2D eigenvalue weighted by Gasteiger charge is 2.15. The number of ether oxygens (including phenoxy) is 1. The summed E-state index contributed by atoms with van der Waals surface area (Å²) in [6.45, 7) is 4.26. The van der Waals surface area contributed by atoms with Gasteiger partial charge in [0, 0.05) is 31.2 Å². The molecule has 0 radical (unpaired) electrons. The summed E-state index contributed by atoms with van der Waals surface area (Å²) in [5.41, 5.74) is 9.08. The Morgan fingerprint density at radius 2 is 2.03 bits per heavy atom. The molecule has 4 rings (SSSR count). The van der Waals surface area contributed by atoms with Gasteiger partial charge < -0.3 is 15.8 Å². The number of amides is 1. The fourth-order valence-corrected chi connectivity index (χ4v) is 3.23. The number of hydrogen-bond donors (Lipinski definition) is 2. The van der Waals surface area contributed by atoms with Crippen LogP contribution in [0.5, 0.6) is 5.75 Å². The Labute approximate surface area is 184 Å². The second-order valence-electron chi connectivity index (χ2n) is 7.34. The van der Waals surface area contributed by atoms with Crippen LogP contribution in [-0.2, 0) is 13.6 Å². The summed E-state index contributed by atoms with van der Waals surface area (Å²) in [4.78, 5) is 24.6. The van der Waals surface area contributed by atoms with Gasteiger partial charge >= 0.3 is 0 Å². The number of carbonyl (C=O) groups is 1. The third-order valence-corrected chi connectivity index (χ3v) is 4.73. The molecular formula is C21H23N9O2. The molecule has 0 fully saturated rings. The number of rotatable bonds is 8. The van der Waals surface area contributed by atoms with Crippen LogP contribution in [-0.4, -0.2) is 46.5 Å². The number of aromatic nitrogens is 7. The van der Waals surface area contributed by atoms with Crippen molar-refractivity contribution >= 4 is 17.5 Å². The van der Waals surface area contributed by atoms with Crippen LogP contribution in [0.25, 0.3) is 11.1 Å². The molecule has 0 aliphatic heterocycles. The third-order valence-electron chi connectivity index (χ3n) is 4.73. The van der Waals surface area contributed by atoms with E-state index < -0.39 is 5.91 Å². The number of aryl methyl sites for hydroxylation is 2. The van der Waals surface area contributed by atoms with Gasteiger partial charge in [0.25, 0.3) is 5.91 Å². The molecule has 1 amide bonds. The van der Waals surface area contributed by atoms with Crippen LogP contribution >= 0.6 is 0 Å². The Balaban J connectivity index is 1.54. The van der Waals surface area contributed by atoms with Gasteiger partial charge in [-0.15, -0.1) is 0 Å². The van der Waals surface area contributed by atoms with E-state index in [1.807, 2.05) is 27.1 Å². The maximum atomic E-state index is 11.9. The standard InChI is InChI=1S/C21H23N9O2/c1-13(9-30-12-23-11-26-30)32-19-6-15(4-5-17(19)20(22)31)16-7-24-21(25-8-16)27-18-10-29(3)28-14(18)2/h4-8,10-13H,9H2,1-3H3,(H2,22,31)(H,24,25,27)/t13-/m0/s1. The van der Waals surface area contributed by atoms with Gasteiger partial charge in [-0.2, -0.15) is 10.2 Å². The highest BCUT2D eigenvalue weighted by molar-refractivity contribution is 5.96. The van der Waals surface area contributed by atoms with E-state index >= 15 is 0 Å². The lowest BCUT2D eigenvalue weighted by Gasteiger charge is -2.17. The van der Waals surface area contributed by atoms with Gasteiger partial charge in [0.05, 0.1) is 23.5 Å². The molecule has 1 aromatic carbocycles. The van der Waals surface area contributed by atoms with Crippen molar-refractivity contribution in [2.45, 2.75) is 26.5 Å². The molecule has 3 N–H and O–H groups in total. The first kappa shape index (κ1) is 21.0. The molecule has 0 unspecified atom stereocenters. The lowest BCUT2D eigenvalue weighted by Crippen LogP contribution is -2.22. The number of primary amides is 1. The molecule has 11 nitrogen and oxygen atoms in total. The summed E-state index contributed by atoms with van der Waals surface area (Å²) >= 11 is 0. The summed E-state index contributed by atoms with van der Waals surface area (Å²) in [5, 5.41) is 11.5. The van der Waals surface area contributed by atoms with Gasteiger partial charge in [-0.3, -0.25) is 9.48 Å². The first-order valence-electron chi connectivity index (χ1n) is 9.91. The fraction of sp³-hybridized carbons (Fsp3) is 0.238. The van der Waals surface area contributed by atoms with Gasteiger partial charge in [0.2, 0.25) is 5.95 Å². The molecule has 4 aromatic rings. The fourth-order valence-electron chi connectivity index (χ4n) is 3.23. The largest absolute Gasteiger partial charge is 0.488 e. The number of hydrogen-bond acceptors (Lipinski definition) is 8. The van der Waals surface area contributed by atoms with E-state index in [0.717, 1.165) is 22.5 Å². The minimum atomic E-state index is -0.567. The van der Waals surface area contributed by atoms with Crippen molar-refractivity contribution in [3.63, 3.8) is 0 Å². The zero-order valence-corrected chi connectivity index (χ0v) is 17.9. The molecular weight excluding hydrogens is 410 g/mol. The van der Waals surface area contributed by atoms with Crippen LogP contribution in [0.2, 0.25) is 0 Å². The molecule has 32 heavy (non-hydrogen) atoms. The molecule has 1 atom stereocenters. The number of nitrogens with two attached hydrogens (primary N) is 1. The highest BCUT2D eigenvalue weighted by Crippen LogP contribution is 2.28. The van der Waals surface area contributed by atoms with Gasteiger partial charge in [0.15, 0.2) is 0 Å². The summed E-state index contributed by atoms with van der Waals surface area (Å²) < 4.78 is 9.38. The molecule has 0 bridgehead atoms. The van der Waals surface area contributed by atoms with E-state index in [1.54, 1.807) is 46.3 Å². The molecule has 0 saturated heterocycles. The lowest BCUT2D eigenvalue weighted by molar-refractivity contribution is 0.0992. The van der Waals surface area contributed by atoms with Crippen molar-refractivity contribution in [3.05, 3.63) is 60.7 Å².